The van der Waals surface area contributed by atoms with E-state index in [9.17, 15) is 0 Å². The van der Waals surface area contributed by atoms with Gasteiger partial charge >= 0.3 is 0 Å². The van der Waals surface area contributed by atoms with Crippen LogP contribution in [0.4, 0.5) is 0 Å². The van der Waals surface area contributed by atoms with Crippen molar-refractivity contribution in [2.75, 3.05) is 33.5 Å². The Morgan fingerprint density at radius 2 is 1.95 bits per heavy atom. The Hall–Kier alpha value is -1.30. The Kier molecular flexibility index (Phi) is 5.45. The fourth-order valence-corrected chi connectivity index (χ4v) is 2.02. The summed E-state index contributed by atoms with van der Waals surface area (Å²) in [5.74, 6) is 1.54. The Balaban J connectivity index is 1.82. The Labute approximate surface area is 126 Å². The molecule has 1 heterocycles. The van der Waals surface area contributed by atoms with Crippen LogP contribution in [0.5, 0.6) is 11.5 Å². The highest BCUT2D eigenvalue weighted by atomic mass is 16.6. The van der Waals surface area contributed by atoms with Gasteiger partial charge in [-0.2, -0.15) is 0 Å². The maximum absolute atomic E-state index is 6.16. The first-order chi connectivity index (χ1) is 10.0. The van der Waals surface area contributed by atoms with Gasteiger partial charge in [0.2, 0.25) is 0 Å². The second-order valence-corrected chi connectivity index (χ2v) is 5.80. The fraction of sp³-hybridized carbons (Fsp3) is 0.625. The van der Waals surface area contributed by atoms with Crippen LogP contribution in [0.1, 0.15) is 31.9 Å². The highest BCUT2D eigenvalue weighted by Crippen LogP contribution is 2.32. The molecule has 0 radical (unpaired) electrons. The largest absolute Gasteiger partial charge is 0.486 e. The number of hydrogen-bond acceptors (Lipinski definition) is 5. The van der Waals surface area contributed by atoms with Gasteiger partial charge in [-0.25, -0.2) is 0 Å². The highest BCUT2D eigenvalue weighted by molar-refractivity contribution is 5.44. The van der Waals surface area contributed by atoms with Crippen LogP contribution in [-0.4, -0.2) is 39.1 Å². The van der Waals surface area contributed by atoms with Crippen molar-refractivity contribution in [1.29, 1.82) is 0 Å². The lowest BCUT2D eigenvalue weighted by atomic mass is 10.1. The number of hydrogen-bond donors (Lipinski definition) is 1. The maximum Gasteiger partial charge on any atom is 0.161 e. The van der Waals surface area contributed by atoms with E-state index in [1.807, 2.05) is 32.0 Å². The minimum atomic E-state index is -0.175. The summed E-state index contributed by atoms with van der Waals surface area (Å²) < 4.78 is 22.1. The van der Waals surface area contributed by atoms with Crippen molar-refractivity contribution in [1.82, 2.24) is 0 Å². The van der Waals surface area contributed by atoms with Crippen LogP contribution < -0.4 is 15.2 Å². The van der Waals surface area contributed by atoms with Gasteiger partial charge in [-0.1, -0.05) is 6.07 Å². The first kappa shape index (κ1) is 16.1. The smallest absolute Gasteiger partial charge is 0.161 e. The quantitative estimate of drug-likeness (QED) is 0.782. The predicted molar refractivity (Wildman–Crippen MR) is 80.9 cm³/mol. The molecule has 0 saturated carbocycles. The molecule has 0 fully saturated rings. The summed E-state index contributed by atoms with van der Waals surface area (Å²) in [5, 5.41) is 0. The van der Waals surface area contributed by atoms with Gasteiger partial charge in [0.1, 0.15) is 13.2 Å². The maximum atomic E-state index is 6.16. The molecule has 0 aromatic heterocycles. The second kappa shape index (κ2) is 7.11. The van der Waals surface area contributed by atoms with Gasteiger partial charge in [0.05, 0.1) is 18.2 Å². The highest BCUT2D eigenvalue weighted by Gasteiger charge is 2.17. The molecule has 1 aromatic carbocycles. The molecule has 5 nitrogen and oxygen atoms in total. The number of ether oxygens (including phenoxy) is 4. The van der Waals surface area contributed by atoms with Crippen molar-refractivity contribution in [2.45, 2.75) is 31.9 Å². The molecular weight excluding hydrogens is 270 g/mol. The molecule has 0 saturated heterocycles. The van der Waals surface area contributed by atoms with Crippen molar-refractivity contribution in [3.8, 4) is 11.5 Å². The van der Waals surface area contributed by atoms with E-state index in [0.29, 0.717) is 26.4 Å². The van der Waals surface area contributed by atoms with Crippen molar-refractivity contribution < 1.29 is 18.9 Å². The summed E-state index contributed by atoms with van der Waals surface area (Å²) in [5.41, 5.74) is 6.98. The number of methoxy groups -OCH3 is 1. The fourth-order valence-electron chi connectivity index (χ4n) is 2.02. The Morgan fingerprint density at radius 1 is 1.24 bits per heavy atom. The van der Waals surface area contributed by atoms with E-state index < -0.39 is 0 Å². The minimum absolute atomic E-state index is 0.166. The monoisotopic (exact) mass is 295 g/mol. The van der Waals surface area contributed by atoms with Crippen LogP contribution in [0.25, 0.3) is 0 Å². The molecule has 1 unspecified atom stereocenters. The van der Waals surface area contributed by atoms with Crippen LogP contribution >= 0.6 is 0 Å². The van der Waals surface area contributed by atoms with E-state index in [0.717, 1.165) is 23.5 Å². The average molecular weight is 295 g/mol. The van der Waals surface area contributed by atoms with Crippen LogP contribution in [-0.2, 0) is 9.47 Å². The molecule has 1 aromatic rings. The van der Waals surface area contributed by atoms with Crippen molar-refractivity contribution in [2.24, 2.45) is 5.73 Å². The zero-order chi connectivity index (χ0) is 15.3. The summed E-state index contributed by atoms with van der Waals surface area (Å²) in [6.45, 7) is 6.35. The number of benzene rings is 1. The van der Waals surface area contributed by atoms with Gasteiger partial charge in [-0.15, -0.1) is 0 Å². The van der Waals surface area contributed by atoms with E-state index in [1.54, 1.807) is 7.11 Å². The number of rotatable bonds is 7. The molecule has 0 amide bonds. The van der Waals surface area contributed by atoms with Gasteiger partial charge in [0.25, 0.3) is 0 Å². The normalized spacial score (nSPS) is 15.8. The zero-order valence-electron chi connectivity index (χ0n) is 13.1. The second-order valence-electron chi connectivity index (χ2n) is 5.80. The molecule has 0 aliphatic carbocycles. The molecule has 0 spiro atoms. The average Bonchev–Trinajstić information content (AvgIpc) is 2.51. The molecule has 1 atom stereocenters. The van der Waals surface area contributed by atoms with Gasteiger partial charge in [-0.05, 0) is 38.0 Å². The first-order valence-electron chi connectivity index (χ1n) is 7.30. The van der Waals surface area contributed by atoms with E-state index in [2.05, 4.69) is 0 Å². The van der Waals surface area contributed by atoms with Crippen LogP contribution in [0.15, 0.2) is 18.2 Å². The molecule has 118 valence electrons. The van der Waals surface area contributed by atoms with Crippen molar-refractivity contribution in [3.63, 3.8) is 0 Å². The minimum Gasteiger partial charge on any atom is -0.486 e. The summed E-state index contributed by atoms with van der Waals surface area (Å²) >= 11 is 0. The zero-order valence-corrected chi connectivity index (χ0v) is 13.1. The van der Waals surface area contributed by atoms with Crippen molar-refractivity contribution in [3.05, 3.63) is 23.8 Å². The topological polar surface area (TPSA) is 62.9 Å². The summed E-state index contributed by atoms with van der Waals surface area (Å²) in [4.78, 5) is 0. The molecule has 5 heteroatoms. The Morgan fingerprint density at radius 3 is 2.67 bits per heavy atom. The summed E-state index contributed by atoms with van der Waals surface area (Å²) in [7, 11) is 1.71. The van der Waals surface area contributed by atoms with Crippen LogP contribution in [0.2, 0.25) is 0 Å². The van der Waals surface area contributed by atoms with Gasteiger partial charge in [0.15, 0.2) is 11.5 Å². The molecule has 2 N–H and O–H groups in total. The van der Waals surface area contributed by atoms with Gasteiger partial charge in [-0.3, -0.25) is 0 Å². The third-order valence-electron chi connectivity index (χ3n) is 3.69. The molecule has 0 bridgehead atoms. The summed E-state index contributed by atoms with van der Waals surface area (Å²) in [6, 6.07) is 5.62. The van der Waals surface area contributed by atoms with E-state index in [-0.39, 0.29) is 11.6 Å². The van der Waals surface area contributed by atoms with Gasteiger partial charge in [0, 0.05) is 13.7 Å². The van der Waals surface area contributed by atoms with E-state index in [4.69, 9.17) is 24.7 Å². The van der Waals surface area contributed by atoms with E-state index in [1.165, 1.54) is 0 Å². The lowest BCUT2D eigenvalue weighted by molar-refractivity contribution is -0.0113. The molecule has 1 aliphatic rings. The third kappa shape index (κ3) is 4.59. The van der Waals surface area contributed by atoms with Crippen LogP contribution in [0.3, 0.4) is 0 Å². The number of fused-ring (bicyclic) bond motifs is 1. The molecule has 1 aliphatic heterocycles. The Bertz CT molecular complexity index is 462. The summed E-state index contributed by atoms with van der Waals surface area (Å²) in [6.07, 6.45) is 0.831. The first-order valence-corrected chi connectivity index (χ1v) is 7.30. The lowest BCUT2D eigenvalue weighted by Gasteiger charge is -2.23. The third-order valence-corrected chi connectivity index (χ3v) is 3.69. The molecule has 2 rings (SSSR count). The molecular formula is C16H25NO4. The van der Waals surface area contributed by atoms with Crippen LogP contribution in [0, 0.1) is 0 Å². The lowest BCUT2D eigenvalue weighted by Crippen LogP contribution is -2.26. The van der Waals surface area contributed by atoms with Crippen molar-refractivity contribution >= 4 is 0 Å². The molecule has 21 heavy (non-hydrogen) atoms. The number of nitrogens with two attached hydrogens (primary N) is 1. The van der Waals surface area contributed by atoms with Gasteiger partial charge < -0.3 is 24.7 Å². The standard InChI is InChI=1S/C16H25NO4/c1-16(2,18-3)6-7-19-11-13(17)12-4-5-14-15(10-12)21-9-8-20-14/h4-5,10,13H,6-9,11,17H2,1-3H3. The predicted octanol–water partition coefficient (Wildman–Crippen LogP) is 2.29. The SMILES string of the molecule is COC(C)(C)CCOCC(N)c1ccc2c(c1)OCCO2. The van der Waals surface area contributed by atoms with E-state index >= 15 is 0 Å².